The number of hydrogen-bond donors (Lipinski definition) is 1. The van der Waals surface area contributed by atoms with E-state index >= 15 is 0 Å². The van der Waals surface area contributed by atoms with Crippen molar-refractivity contribution in [3.05, 3.63) is 35.8 Å². The van der Waals surface area contributed by atoms with E-state index in [9.17, 15) is 22.4 Å². The molecule has 2 aromatic rings. The monoisotopic (exact) mass is 260 g/mol. The van der Waals surface area contributed by atoms with E-state index in [0.29, 0.717) is 0 Å². The van der Waals surface area contributed by atoms with Crippen LogP contribution in [-0.4, -0.2) is 17.1 Å². The van der Waals surface area contributed by atoms with Gasteiger partial charge < -0.3 is 10.6 Å². The summed E-state index contributed by atoms with van der Waals surface area (Å²) >= 11 is 0. The second kappa shape index (κ2) is 4.01. The lowest BCUT2D eigenvalue weighted by Crippen LogP contribution is -2.22. The number of carbonyl (C=O) groups is 1. The molecule has 1 atom stereocenters. The zero-order valence-corrected chi connectivity index (χ0v) is 8.91. The lowest BCUT2D eigenvalue weighted by atomic mass is 9.99. The molecule has 1 aromatic heterocycles. The summed E-state index contributed by atoms with van der Waals surface area (Å²) in [4.78, 5) is 10.6. The van der Waals surface area contributed by atoms with Crippen molar-refractivity contribution >= 4 is 17.2 Å². The van der Waals surface area contributed by atoms with Crippen molar-refractivity contribution < 1.29 is 22.4 Å². The van der Waals surface area contributed by atoms with Crippen LogP contribution in [0.4, 0.5) is 17.6 Å². The van der Waals surface area contributed by atoms with Gasteiger partial charge in [-0.1, -0.05) is 0 Å². The Balaban J connectivity index is 2.70. The Bertz CT molecular complexity index is 603. The topological polar surface area (TPSA) is 48.0 Å². The van der Waals surface area contributed by atoms with Crippen molar-refractivity contribution in [1.29, 1.82) is 0 Å². The first-order valence-corrected chi connectivity index (χ1v) is 4.92. The second-order valence-electron chi connectivity index (χ2n) is 3.81. The summed E-state index contributed by atoms with van der Waals surface area (Å²) < 4.78 is 52.0. The van der Waals surface area contributed by atoms with Gasteiger partial charge in [0.05, 0.1) is 5.52 Å². The van der Waals surface area contributed by atoms with Crippen molar-refractivity contribution in [3.8, 4) is 0 Å². The van der Waals surface area contributed by atoms with Crippen molar-refractivity contribution in [2.24, 2.45) is 0 Å². The van der Waals surface area contributed by atoms with Crippen molar-refractivity contribution in [2.45, 2.75) is 12.1 Å². The number of nitrogens with zero attached hydrogens (tertiary/aromatic N) is 1. The van der Waals surface area contributed by atoms with Gasteiger partial charge in [0.2, 0.25) is 0 Å². The number of benzene rings is 1. The van der Waals surface area contributed by atoms with Gasteiger partial charge in [0.25, 0.3) is 0 Å². The lowest BCUT2D eigenvalue weighted by Gasteiger charge is -2.13. The number of alkyl halides is 3. The first-order valence-electron chi connectivity index (χ1n) is 4.92. The minimum absolute atomic E-state index is 0.0214. The van der Waals surface area contributed by atoms with E-state index in [4.69, 9.17) is 5.84 Å². The molecule has 7 heteroatoms. The van der Waals surface area contributed by atoms with Gasteiger partial charge >= 0.3 is 6.18 Å². The standard InChI is InChI=1S/C11H8F4N2O/c12-6-1-2-10-7(3-6)8(4-17(10)16)9(5-18)11(13,14)15/h1-5,9H,16H2. The smallest absolute Gasteiger partial charge is 0.339 e. The summed E-state index contributed by atoms with van der Waals surface area (Å²) in [7, 11) is 0. The molecule has 1 aromatic carbocycles. The molecule has 0 saturated carbocycles. The highest BCUT2D eigenvalue weighted by Crippen LogP contribution is 2.37. The van der Waals surface area contributed by atoms with E-state index in [1.807, 2.05) is 0 Å². The predicted octanol–water partition coefficient (Wildman–Crippen LogP) is 2.34. The Morgan fingerprint density at radius 3 is 2.56 bits per heavy atom. The maximum absolute atomic E-state index is 13.1. The van der Waals surface area contributed by atoms with Crippen LogP contribution in [0, 0.1) is 5.82 Å². The van der Waals surface area contributed by atoms with E-state index < -0.39 is 17.9 Å². The van der Waals surface area contributed by atoms with E-state index in [-0.39, 0.29) is 22.8 Å². The molecule has 96 valence electrons. The summed E-state index contributed by atoms with van der Waals surface area (Å²) in [6.07, 6.45) is -3.97. The maximum atomic E-state index is 13.1. The van der Waals surface area contributed by atoms with Gasteiger partial charge in [-0.2, -0.15) is 13.2 Å². The molecule has 1 unspecified atom stereocenters. The van der Waals surface area contributed by atoms with Crippen LogP contribution in [0.1, 0.15) is 11.5 Å². The highest BCUT2D eigenvalue weighted by Gasteiger charge is 2.42. The molecule has 0 saturated heterocycles. The first kappa shape index (κ1) is 12.4. The second-order valence-corrected chi connectivity index (χ2v) is 3.81. The largest absolute Gasteiger partial charge is 0.402 e. The number of rotatable bonds is 2. The van der Waals surface area contributed by atoms with Gasteiger partial charge in [-0.05, 0) is 23.8 Å². The molecule has 1 heterocycles. The van der Waals surface area contributed by atoms with Gasteiger partial charge in [0.1, 0.15) is 18.0 Å². The van der Waals surface area contributed by atoms with Crippen LogP contribution in [-0.2, 0) is 4.79 Å². The van der Waals surface area contributed by atoms with E-state index in [0.717, 1.165) is 23.0 Å². The zero-order valence-electron chi connectivity index (χ0n) is 8.91. The van der Waals surface area contributed by atoms with Crippen molar-refractivity contribution in [1.82, 2.24) is 4.68 Å². The number of carbonyl (C=O) groups excluding carboxylic acids is 1. The Labute approximate surface area is 98.8 Å². The molecule has 0 aliphatic rings. The third kappa shape index (κ3) is 1.92. The molecular weight excluding hydrogens is 252 g/mol. The average molecular weight is 260 g/mol. The fourth-order valence-electron chi connectivity index (χ4n) is 1.83. The van der Waals surface area contributed by atoms with Gasteiger partial charge in [-0.3, -0.25) is 4.68 Å². The summed E-state index contributed by atoms with van der Waals surface area (Å²) in [5, 5.41) is -0.0214. The number of nitrogen functional groups attached to an aromatic ring is 1. The third-order valence-corrected chi connectivity index (χ3v) is 2.65. The Morgan fingerprint density at radius 2 is 2.00 bits per heavy atom. The quantitative estimate of drug-likeness (QED) is 0.512. The highest BCUT2D eigenvalue weighted by molar-refractivity contribution is 5.87. The normalized spacial score (nSPS) is 13.8. The van der Waals surface area contributed by atoms with Gasteiger partial charge in [0, 0.05) is 11.6 Å². The van der Waals surface area contributed by atoms with E-state index in [1.54, 1.807) is 0 Å². The molecular formula is C11H8F4N2O. The number of aromatic nitrogens is 1. The first-order chi connectivity index (χ1) is 8.34. The van der Waals surface area contributed by atoms with Crippen molar-refractivity contribution in [2.75, 3.05) is 5.84 Å². The Kier molecular flexibility index (Phi) is 2.76. The molecule has 0 bridgehead atoms. The summed E-state index contributed by atoms with van der Waals surface area (Å²) in [6.45, 7) is 0. The number of nitrogens with two attached hydrogens (primary N) is 1. The molecule has 18 heavy (non-hydrogen) atoms. The van der Waals surface area contributed by atoms with Gasteiger partial charge in [0.15, 0.2) is 0 Å². The summed E-state index contributed by atoms with van der Waals surface area (Å²) in [6, 6.07) is 3.27. The lowest BCUT2D eigenvalue weighted by molar-refractivity contribution is -0.155. The molecule has 3 nitrogen and oxygen atoms in total. The zero-order chi connectivity index (χ0) is 13.5. The molecule has 0 aliphatic heterocycles. The minimum Gasteiger partial charge on any atom is -0.339 e. The van der Waals surface area contributed by atoms with Crippen LogP contribution in [0.5, 0.6) is 0 Å². The van der Waals surface area contributed by atoms with Crippen LogP contribution in [0.2, 0.25) is 0 Å². The molecule has 0 aliphatic carbocycles. The highest BCUT2D eigenvalue weighted by atomic mass is 19.4. The average Bonchev–Trinajstić information content (AvgIpc) is 2.55. The third-order valence-electron chi connectivity index (χ3n) is 2.65. The molecule has 0 amide bonds. The Hall–Kier alpha value is -2.05. The van der Waals surface area contributed by atoms with Crippen molar-refractivity contribution in [3.63, 3.8) is 0 Å². The SMILES string of the molecule is Nn1cc(C(C=O)C(F)(F)F)c2cc(F)ccc21. The number of aldehydes is 1. The number of halogens is 4. The van der Waals surface area contributed by atoms with Crippen LogP contribution < -0.4 is 5.84 Å². The minimum atomic E-state index is -4.73. The summed E-state index contributed by atoms with van der Waals surface area (Å²) in [5.41, 5.74) is -0.128. The maximum Gasteiger partial charge on any atom is 0.402 e. The van der Waals surface area contributed by atoms with E-state index in [2.05, 4.69) is 0 Å². The molecule has 2 N–H and O–H groups in total. The fourth-order valence-corrected chi connectivity index (χ4v) is 1.83. The van der Waals surface area contributed by atoms with E-state index in [1.165, 1.54) is 6.07 Å². The molecule has 0 radical (unpaired) electrons. The summed E-state index contributed by atoms with van der Waals surface area (Å²) in [5.74, 6) is 2.47. The number of hydrogen-bond acceptors (Lipinski definition) is 2. The van der Waals surface area contributed by atoms with Gasteiger partial charge in [-0.25, -0.2) is 4.39 Å². The van der Waals surface area contributed by atoms with Crippen LogP contribution in [0.15, 0.2) is 24.4 Å². The predicted molar refractivity (Wildman–Crippen MR) is 56.9 cm³/mol. The van der Waals surface area contributed by atoms with Crippen LogP contribution in [0.3, 0.4) is 0 Å². The van der Waals surface area contributed by atoms with Crippen LogP contribution >= 0.6 is 0 Å². The molecule has 0 spiro atoms. The van der Waals surface area contributed by atoms with Gasteiger partial charge in [-0.15, -0.1) is 0 Å². The number of fused-ring (bicyclic) bond motifs is 1. The van der Waals surface area contributed by atoms with Crippen LogP contribution in [0.25, 0.3) is 10.9 Å². The molecule has 0 fully saturated rings. The Morgan fingerprint density at radius 1 is 1.33 bits per heavy atom. The fraction of sp³-hybridized carbons (Fsp3) is 0.182. The molecule has 2 rings (SSSR count).